The maximum Gasteiger partial charge on any atom is 0.265 e. The molecule has 0 aromatic carbocycles. The van der Waals surface area contributed by atoms with Crippen molar-refractivity contribution in [2.24, 2.45) is 0 Å². The number of hydrogen-bond acceptors (Lipinski definition) is 4. The van der Waals surface area contributed by atoms with Crippen LogP contribution in [-0.4, -0.2) is 26.7 Å². The number of aromatic amines is 1. The second-order valence-corrected chi connectivity index (χ2v) is 7.46. The Hall–Kier alpha value is 0.0600. The molecule has 1 saturated heterocycles. The monoisotopic (exact) mass is 334 g/mol. The molecular formula is C11H15BrN2OS2. The Kier molecular flexibility index (Phi) is 4.60. The second-order valence-electron chi connectivity index (χ2n) is 3.93. The minimum Gasteiger partial charge on any atom is -0.309 e. The number of thioether (sulfide) groups is 2. The minimum atomic E-state index is -0.0600. The van der Waals surface area contributed by atoms with Gasteiger partial charge in [-0.3, -0.25) is 4.79 Å². The molecule has 17 heavy (non-hydrogen) atoms. The molecule has 0 spiro atoms. The summed E-state index contributed by atoms with van der Waals surface area (Å²) in [5.41, 5.74) is 0.794. The number of aromatic nitrogens is 2. The van der Waals surface area contributed by atoms with Crippen molar-refractivity contribution in [2.75, 3.05) is 11.5 Å². The summed E-state index contributed by atoms with van der Waals surface area (Å²) in [6.07, 6.45) is 0.774. The fourth-order valence-electron chi connectivity index (χ4n) is 1.83. The Labute approximate surface area is 118 Å². The molecule has 1 aromatic heterocycles. The molecule has 2 unspecified atom stereocenters. The second kappa shape index (κ2) is 5.80. The van der Waals surface area contributed by atoms with Crippen molar-refractivity contribution >= 4 is 39.5 Å². The summed E-state index contributed by atoms with van der Waals surface area (Å²) in [7, 11) is 0. The first-order valence-corrected chi connectivity index (χ1v) is 8.54. The lowest BCUT2D eigenvalue weighted by Crippen LogP contribution is -2.23. The summed E-state index contributed by atoms with van der Waals surface area (Å²) >= 11 is 7.13. The number of rotatable bonds is 2. The van der Waals surface area contributed by atoms with Gasteiger partial charge in [0.1, 0.15) is 10.3 Å². The number of halogens is 1. The molecule has 2 heterocycles. The zero-order chi connectivity index (χ0) is 12.4. The molecule has 1 aliphatic heterocycles. The Bertz CT molecular complexity index is 463. The SMILES string of the molecule is CCc1nc(C2SCCSC2C)[nH]c(=O)c1Br. The molecule has 1 aromatic rings. The highest BCUT2D eigenvalue weighted by Crippen LogP contribution is 2.40. The Morgan fingerprint density at radius 2 is 2.18 bits per heavy atom. The molecule has 0 aliphatic carbocycles. The first kappa shape index (κ1) is 13.5. The van der Waals surface area contributed by atoms with Crippen molar-refractivity contribution < 1.29 is 0 Å². The predicted octanol–water partition coefficient (Wildman–Crippen LogP) is 3.00. The number of H-pyrrole nitrogens is 1. The highest BCUT2D eigenvalue weighted by Gasteiger charge is 2.26. The number of nitrogens with one attached hydrogen (secondary N) is 1. The topological polar surface area (TPSA) is 45.8 Å². The van der Waals surface area contributed by atoms with Crippen LogP contribution in [0, 0.1) is 0 Å². The first-order chi connectivity index (χ1) is 8.13. The summed E-state index contributed by atoms with van der Waals surface area (Å²) in [5.74, 6) is 3.14. The highest BCUT2D eigenvalue weighted by molar-refractivity contribution is 9.10. The number of aryl methyl sites for hydroxylation is 1. The predicted molar refractivity (Wildman–Crippen MR) is 79.1 cm³/mol. The van der Waals surface area contributed by atoms with E-state index in [4.69, 9.17) is 0 Å². The number of nitrogens with zero attached hydrogens (tertiary/aromatic N) is 1. The molecule has 6 heteroatoms. The van der Waals surface area contributed by atoms with Crippen molar-refractivity contribution in [1.29, 1.82) is 0 Å². The van der Waals surface area contributed by atoms with E-state index in [1.54, 1.807) is 0 Å². The summed E-state index contributed by atoms with van der Waals surface area (Å²) in [6, 6.07) is 0. The van der Waals surface area contributed by atoms with Gasteiger partial charge in [0.15, 0.2) is 0 Å². The lowest BCUT2D eigenvalue weighted by atomic mass is 10.2. The van der Waals surface area contributed by atoms with Crippen LogP contribution >= 0.6 is 39.5 Å². The molecule has 0 radical (unpaired) electrons. The Balaban J connectivity index is 2.38. The molecule has 94 valence electrons. The Morgan fingerprint density at radius 3 is 2.82 bits per heavy atom. The number of hydrogen-bond donors (Lipinski definition) is 1. The largest absolute Gasteiger partial charge is 0.309 e. The van der Waals surface area contributed by atoms with Crippen LogP contribution in [0.1, 0.15) is 30.6 Å². The van der Waals surface area contributed by atoms with E-state index in [-0.39, 0.29) is 5.56 Å². The third-order valence-electron chi connectivity index (χ3n) is 2.74. The lowest BCUT2D eigenvalue weighted by molar-refractivity contribution is 0.790. The Morgan fingerprint density at radius 1 is 1.47 bits per heavy atom. The minimum absolute atomic E-state index is 0.0600. The van der Waals surface area contributed by atoms with Gasteiger partial charge in [-0.1, -0.05) is 13.8 Å². The van der Waals surface area contributed by atoms with E-state index in [9.17, 15) is 4.79 Å². The third kappa shape index (κ3) is 2.90. The van der Waals surface area contributed by atoms with Crippen LogP contribution in [0.4, 0.5) is 0 Å². The zero-order valence-corrected chi connectivity index (χ0v) is 13.0. The fraction of sp³-hybridized carbons (Fsp3) is 0.636. The quantitative estimate of drug-likeness (QED) is 0.902. The van der Waals surface area contributed by atoms with Crippen LogP contribution in [0.5, 0.6) is 0 Å². The van der Waals surface area contributed by atoms with Crippen LogP contribution in [0.15, 0.2) is 9.27 Å². The third-order valence-corrected chi connectivity index (χ3v) is 6.66. The zero-order valence-electron chi connectivity index (χ0n) is 9.83. The van der Waals surface area contributed by atoms with Gasteiger partial charge in [-0.2, -0.15) is 11.8 Å². The molecule has 0 saturated carbocycles. The van der Waals surface area contributed by atoms with E-state index >= 15 is 0 Å². The van der Waals surface area contributed by atoms with E-state index in [0.717, 1.165) is 23.7 Å². The van der Waals surface area contributed by atoms with E-state index in [2.05, 4.69) is 32.8 Å². The van der Waals surface area contributed by atoms with Gasteiger partial charge in [0.2, 0.25) is 0 Å². The molecule has 0 amide bonds. The molecule has 3 nitrogen and oxygen atoms in total. The fourth-order valence-corrected chi connectivity index (χ4v) is 5.01. The molecule has 1 fully saturated rings. The van der Waals surface area contributed by atoms with Crippen molar-refractivity contribution in [1.82, 2.24) is 9.97 Å². The summed E-state index contributed by atoms with van der Waals surface area (Å²) in [4.78, 5) is 19.3. The van der Waals surface area contributed by atoms with Crippen LogP contribution in [0.25, 0.3) is 0 Å². The normalized spacial score (nSPS) is 24.9. The molecule has 2 rings (SSSR count). The van der Waals surface area contributed by atoms with Gasteiger partial charge >= 0.3 is 0 Å². The summed E-state index contributed by atoms with van der Waals surface area (Å²) in [5, 5.41) is 0.808. The first-order valence-electron chi connectivity index (χ1n) is 5.65. The lowest BCUT2D eigenvalue weighted by Gasteiger charge is -2.27. The summed E-state index contributed by atoms with van der Waals surface area (Å²) < 4.78 is 0.574. The molecule has 0 bridgehead atoms. The molecule has 1 N–H and O–H groups in total. The van der Waals surface area contributed by atoms with Gasteiger partial charge in [-0.25, -0.2) is 4.98 Å². The van der Waals surface area contributed by atoms with Crippen LogP contribution in [0.2, 0.25) is 0 Å². The molecule has 2 atom stereocenters. The van der Waals surface area contributed by atoms with Gasteiger partial charge < -0.3 is 4.98 Å². The van der Waals surface area contributed by atoms with Crippen LogP contribution in [-0.2, 0) is 6.42 Å². The van der Waals surface area contributed by atoms with Gasteiger partial charge in [-0.15, -0.1) is 11.8 Å². The summed E-state index contributed by atoms with van der Waals surface area (Å²) in [6.45, 7) is 4.22. The van der Waals surface area contributed by atoms with E-state index in [1.165, 1.54) is 5.75 Å². The maximum atomic E-state index is 11.8. The average molecular weight is 335 g/mol. The van der Waals surface area contributed by atoms with Gasteiger partial charge in [0, 0.05) is 16.8 Å². The van der Waals surface area contributed by atoms with Crippen LogP contribution in [0.3, 0.4) is 0 Å². The van der Waals surface area contributed by atoms with Gasteiger partial charge in [0.05, 0.1) is 10.9 Å². The smallest absolute Gasteiger partial charge is 0.265 e. The molecule has 1 aliphatic rings. The molecular weight excluding hydrogens is 320 g/mol. The van der Waals surface area contributed by atoms with Crippen molar-refractivity contribution in [3.8, 4) is 0 Å². The van der Waals surface area contributed by atoms with Crippen molar-refractivity contribution in [2.45, 2.75) is 30.8 Å². The van der Waals surface area contributed by atoms with Crippen molar-refractivity contribution in [3.63, 3.8) is 0 Å². The van der Waals surface area contributed by atoms with Crippen molar-refractivity contribution in [3.05, 3.63) is 26.3 Å². The standard InChI is InChI=1S/C11H15BrN2OS2/c1-3-7-8(12)11(15)14-10(13-7)9-6(2)16-4-5-17-9/h6,9H,3-5H2,1-2H3,(H,13,14,15). The van der Waals surface area contributed by atoms with E-state index in [0.29, 0.717) is 15.0 Å². The van der Waals surface area contributed by atoms with E-state index in [1.807, 2.05) is 30.4 Å². The van der Waals surface area contributed by atoms with Gasteiger partial charge in [-0.05, 0) is 22.4 Å². The van der Waals surface area contributed by atoms with Crippen LogP contribution < -0.4 is 5.56 Å². The highest BCUT2D eigenvalue weighted by atomic mass is 79.9. The van der Waals surface area contributed by atoms with E-state index < -0.39 is 0 Å². The van der Waals surface area contributed by atoms with Gasteiger partial charge in [0.25, 0.3) is 5.56 Å². The average Bonchev–Trinajstić information content (AvgIpc) is 2.33. The maximum absolute atomic E-state index is 11.8.